The van der Waals surface area contributed by atoms with Gasteiger partial charge in [-0.05, 0) is 86.3 Å². The third-order valence-corrected chi connectivity index (χ3v) is 7.05. The molecule has 0 bridgehead atoms. The van der Waals surface area contributed by atoms with E-state index in [0.717, 1.165) is 12.2 Å². The number of nitrogens with zero attached hydrogens (tertiary/aromatic N) is 3. The molecule has 3 heterocycles. The highest BCUT2D eigenvalue weighted by molar-refractivity contribution is 6.62. The summed E-state index contributed by atoms with van der Waals surface area (Å²) in [6.45, 7) is 18.7. The Kier molecular flexibility index (Phi) is 6.04. The van der Waals surface area contributed by atoms with Crippen LogP contribution in [0.25, 0.3) is 11.0 Å². The maximum absolute atomic E-state index is 15.3. The lowest BCUT2D eigenvalue weighted by Gasteiger charge is -2.32. The second kappa shape index (κ2) is 8.23. The van der Waals surface area contributed by atoms with Crippen LogP contribution in [0.2, 0.25) is 0 Å². The number of halogens is 1. The number of carbonyl (C=O) groups excluding carboxylic acids is 1. The fraction of sp³-hybridized carbons (Fsp3) is 0.680. The Morgan fingerprint density at radius 3 is 2.38 bits per heavy atom. The van der Waals surface area contributed by atoms with E-state index in [1.807, 2.05) is 54.5 Å². The molecule has 4 rings (SSSR count). The Labute approximate surface area is 202 Å². The lowest BCUT2D eigenvalue weighted by molar-refractivity contribution is 0.00578. The maximum atomic E-state index is 15.3. The summed E-state index contributed by atoms with van der Waals surface area (Å²) in [5.41, 5.74) is 0.111. The summed E-state index contributed by atoms with van der Waals surface area (Å²) in [5.74, 6) is 0.396. The van der Waals surface area contributed by atoms with Crippen molar-refractivity contribution in [1.29, 1.82) is 0 Å². The van der Waals surface area contributed by atoms with E-state index >= 15 is 4.39 Å². The zero-order valence-corrected chi connectivity index (χ0v) is 21.9. The molecule has 9 heteroatoms. The minimum Gasteiger partial charge on any atom is -0.444 e. The topological polar surface area (TPSA) is 65.8 Å². The normalized spacial score (nSPS) is 22.3. The standard InChI is InChI=1S/C25H37BFN3O4/c1-15(2)30-19-13-17(26-33-24(6,7)25(8,9)34-26)12-18(27)20(19)28-21(30)16-10-11-29(14-16)22(31)32-23(3,4)5/h12-13,15-16H,10-11,14H2,1-9H3/t16-/m1/s1. The number of carbonyl (C=O) groups is 1. The highest BCUT2D eigenvalue weighted by Gasteiger charge is 2.52. The van der Waals surface area contributed by atoms with E-state index in [1.165, 1.54) is 6.07 Å². The zero-order chi connectivity index (χ0) is 25.2. The SMILES string of the molecule is CC(C)n1c([C@@H]2CCN(C(=O)OC(C)(C)C)C2)nc2c(F)cc(B3OC(C)(C)C(C)(C)O3)cc21. The number of likely N-dealkylation sites (tertiary alicyclic amines) is 1. The van der Waals surface area contributed by atoms with Gasteiger partial charge in [-0.25, -0.2) is 14.2 Å². The first-order valence-corrected chi connectivity index (χ1v) is 12.1. The first-order valence-electron chi connectivity index (χ1n) is 12.1. The van der Waals surface area contributed by atoms with Crippen LogP contribution in [0.5, 0.6) is 0 Å². The van der Waals surface area contributed by atoms with E-state index in [1.54, 1.807) is 4.90 Å². The summed E-state index contributed by atoms with van der Waals surface area (Å²) < 4.78 is 35.3. The Morgan fingerprint density at radius 1 is 1.21 bits per heavy atom. The van der Waals surface area contributed by atoms with E-state index in [9.17, 15) is 4.79 Å². The van der Waals surface area contributed by atoms with Crippen LogP contribution in [-0.4, -0.2) is 57.6 Å². The predicted octanol–water partition coefficient (Wildman–Crippen LogP) is 4.78. The Hall–Kier alpha value is -2.13. The fourth-order valence-electron chi connectivity index (χ4n) is 4.60. The molecule has 2 aliphatic heterocycles. The number of aromatic nitrogens is 2. The molecule has 1 aromatic heterocycles. The Morgan fingerprint density at radius 2 is 1.82 bits per heavy atom. The molecule has 7 nitrogen and oxygen atoms in total. The van der Waals surface area contributed by atoms with Gasteiger partial charge in [0.05, 0.1) is 16.7 Å². The molecule has 2 aromatic rings. The third-order valence-electron chi connectivity index (χ3n) is 7.05. The second-order valence-corrected chi connectivity index (χ2v) is 11.8. The molecule has 34 heavy (non-hydrogen) atoms. The number of benzene rings is 1. The summed E-state index contributed by atoms with van der Waals surface area (Å²) in [6.07, 6.45) is 0.428. The summed E-state index contributed by atoms with van der Waals surface area (Å²) in [5, 5.41) is 0. The molecular weight excluding hydrogens is 436 g/mol. The molecule has 0 aliphatic carbocycles. The molecule has 0 radical (unpaired) electrons. The summed E-state index contributed by atoms with van der Waals surface area (Å²) in [6, 6.07) is 3.45. The monoisotopic (exact) mass is 473 g/mol. The number of rotatable bonds is 3. The molecule has 2 aliphatic rings. The van der Waals surface area contributed by atoms with Gasteiger partial charge in [0.2, 0.25) is 0 Å². The van der Waals surface area contributed by atoms with Gasteiger partial charge in [-0.15, -0.1) is 0 Å². The number of hydrogen-bond donors (Lipinski definition) is 0. The smallest absolute Gasteiger partial charge is 0.444 e. The molecule has 0 spiro atoms. The minimum atomic E-state index is -0.656. The average molecular weight is 473 g/mol. The first-order chi connectivity index (χ1) is 15.6. The third kappa shape index (κ3) is 4.44. The van der Waals surface area contributed by atoms with Gasteiger partial charge in [0.15, 0.2) is 5.82 Å². The fourth-order valence-corrected chi connectivity index (χ4v) is 4.60. The molecule has 2 saturated heterocycles. The number of fused-ring (bicyclic) bond motifs is 1. The molecular formula is C25H37BFN3O4. The largest absolute Gasteiger partial charge is 0.495 e. The van der Waals surface area contributed by atoms with Gasteiger partial charge in [0.25, 0.3) is 0 Å². The van der Waals surface area contributed by atoms with E-state index < -0.39 is 29.7 Å². The van der Waals surface area contributed by atoms with Crippen molar-refractivity contribution in [3.63, 3.8) is 0 Å². The first kappa shape index (κ1) is 25.0. The molecule has 0 saturated carbocycles. The lowest BCUT2D eigenvalue weighted by atomic mass is 9.79. The molecule has 1 amide bonds. The van der Waals surface area contributed by atoms with Gasteiger partial charge in [-0.1, -0.05) is 0 Å². The van der Waals surface area contributed by atoms with Crippen molar-refractivity contribution in [3.05, 3.63) is 23.8 Å². The van der Waals surface area contributed by atoms with Gasteiger partial charge < -0.3 is 23.5 Å². The van der Waals surface area contributed by atoms with Gasteiger partial charge in [0, 0.05) is 25.0 Å². The van der Waals surface area contributed by atoms with Crippen LogP contribution < -0.4 is 5.46 Å². The summed E-state index contributed by atoms with van der Waals surface area (Å²) >= 11 is 0. The zero-order valence-electron chi connectivity index (χ0n) is 21.9. The van der Waals surface area contributed by atoms with E-state index in [0.29, 0.717) is 29.6 Å². The predicted molar refractivity (Wildman–Crippen MR) is 131 cm³/mol. The van der Waals surface area contributed by atoms with Crippen LogP contribution in [0.3, 0.4) is 0 Å². The van der Waals surface area contributed by atoms with Crippen LogP contribution in [-0.2, 0) is 14.0 Å². The number of amides is 1. The summed E-state index contributed by atoms with van der Waals surface area (Å²) in [7, 11) is -0.656. The van der Waals surface area contributed by atoms with Crippen molar-refractivity contribution in [3.8, 4) is 0 Å². The van der Waals surface area contributed by atoms with Crippen molar-refractivity contribution in [2.45, 2.75) is 97.5 Å². The molecule has 1 aromatic carbocycles. The quantitative estimate of drug-likeness (QED) is 0.601. The molecule has 2 fully saturated rings. The maximum Gasteiger partial charge on any atom is 0.495 e. The second-order valence-electron chi connectivity index (χ2n) is 11.8. The van der Waals surface area contributed by atoms with E-state index in [2.05, 4.69) is 18.4 Å². The minimum absolute atomic E-state index is 0.00187. The summed E-state index contributed by atoms with van der Waals surface area (Å²) in [4.78, 5) is 19.0. The highest BCUT2D eigenvalue weighted by Crippen LogP contribution is 2.37. The van der Waals surface area contributed by atoms with Crippen LogP contribution in [0.15, 0.2) is 12.1 Å². The van der Waals surface area contributed by atoms with Crippen LogP contribution >= 0.6 is 0 Å². The van der Waals surface area contributed by atoms with Crippen LogP contribution in [0.4, 0.5) is 9.18 Å². The van der Waals surface area contributed by atoms with Crippen molar-refractivity contribution in [1.82, 2.24) is 14.5 Å². The number of hydrogen-bond acceptors (Lipinski definition) is 5. The molecule has 0 unspecified atom stereocenters. The van der Waals surface area contributed by atoms with E-state index in [-0.39, 0.29) is 18.1 Å². The van der Waals surface area contributed by atoms with Crippen molar-refractivity contribution in [2.24, 2.45) is 0 Å². The Balaban J connectivity index is 1.68. The van der Waals surface area contributed by atoms with Crippen molar-refractivity contribution < 1.29 is 23.2 Å². The van der Waals surface area contributed by atoms with E-state index in [4.69, 9.17) is 19.0 Å². The van der Waals surface area contributed by atoms with Gasteiger partial charge in [-0.3, -0.25) is 0 Å². The molecule has 186 valence electrons. The van der Waals surface area contributed by atoms with Crippen LogP contribution in [0.1, 0.15) is 86.5 Å². The highest BCUT2D eigenvalue weighted by atomic mass is 19.1. The Bertz CT molecular complexity index is 1090. The molecule has 1 atom stereocenters. The average Bonchev–Trinajstić information content (AvgIpc) is 3.35. The van der Waals surface area contributed by atoms with Crippen molar-refractivity contribution in [2.75, 3.05) is 13.1 Å². The number of ether oxygens (including phenoxy) is 1. The number of imidazole rings is 1. The lowest BCUT2D eigenvalue weighted by Crippen LogP contribution is -2.41. The van der Waals surface area contributed by atoms with Crippen molar-refractivity contribution >= 4 is 29.7 Å². The van der Waals surface area contributed by atoms with Gasteiger partial charge in [0.1, 0.15) is 16.9 Å². The van der Waals surface area contributed by atoms with Gasteiger partial charge in [-0.2, -0.15) is 0 Å². The van der Waals surface area contributed by atoms with Crippen LogP contribution in [0, 0.1) is 5.82 Å². The molecule has 0 N–H and O–H groups in total. The van der Waals surface area contributed by atoms with Gasteiger partial charge >= 0.3 is 13.2 Å².